The number of aromatic nitrogens is 4. The first-order valence-electron chi connectivity index (χ1n) is 6.83. The minimum atomic E-state index is -0.279. The number of amides is 1. The zero-order valence-electron chi connectivity index (χ0n) is 12.0. The summed E-state index contributed by atoms with van der Waals surface area (Å²) >= 11 is 1.90. The van der Waals surface area contributed by atoms with Gasteiger partial charge in [-0.25, -0.2) is 4.68 Å². The standard InChI is InChI=1S/C13H19N5OS/c1-9-12-11(16(3)15-9)8-14-18(12)10(2)13(19)17-4-6-20-7-5-17/h8,10H,4-7H2,1-3H3. The van der Waals surface area contributed by atoms with Gasteiger partial charge in [-0.15, -0.1) is 0 Å². The third kappa shape index (κ3) is 2.09. The van der Waals surface area contributed by atoms with Crippen LogP contribution in [0.4, 0.5) is 0 Å². The molecule has 7 heteroatoms. The molecule has 2 aromatic rings. The third-order valence-corrected chi connectivity index (χ3v) is 4.76. The molecule has 0 N–H and O–H groups in total. The van der Waals surface area contributed by atoms with Crippen molar-refractivity contribution >= 4 is 28.7 Å². The number of carbonyl (C=O) groups excluding carboxylic acids is 1. The first-order valence-corrected chi connectivity index (χ1v) is 7.98. The molecule has 1 fully saturated rings. The summed E-state index contributed by atoms with van der Waals surface area (Å²) in [6, 6.07) is -0.279. The van der Waals surface area contributed by atoms with Crippen LogP contribution in [-0.2, 0) is 11.8 Å². The number of aryl methyl sites for hydroxylation is 2. The highest BCUT2D eigenvalue weighted by atomic mass is 32.2. The Morgan fingerprint density at radius 3 is 2.80 bits per heavy atom. The van der Waals surface area contributed by atoms with Crippen LogP contribution in [-0.4, -0.2) is 55.0 Å². The minimum absolute atomic E-state index is 0.151. The fourth-order valence-corrected chi connectivity index (χ4v) is 3.62. The number of hydrogen-bond acceptors (Lipinski definition) is 4. The number of rotatable bonds is 2. The van der Waals surface area contributed by atoms with E-state index in [1.165, 1.54) is 0 Å². The van der Waals surface area contributed by atoms with Gasteiger partial charge in [-0.3, -0.25) is 9.48 Å². The van der Waals surface area contributed by atoms with E-state index in [1.807, 2.05) is 46.9 Å². The maximum Gasteiger partial charge on any atom is 0.247 e. The van der Waals surface area contributed by atoms with E-state index in [0.29, 0.717) is 0 Å². The van der Waals surface area contributed by atoms with Crippen LogP contribution < -0.4 is 0 Å². The van der Waals surface area contributed by atoms with Crippen LogP contribution in [0, 0.1) is 6.92 Å². The number of fused-ring (bicyclic) bond motifs is 1. The van der Waals surface area contributed by atoms with E-state index in [2.05, 4.69) is 10.2 Å². The quantitative estimate of drug-likeness (QED) is 0.835. The topological polar surface area (TPSA) is 56.0 Å². The molecule has 0 bridgehead atoms. The van der Waals surface area contributed by atoms with Gasteiger partial charge in [-0.05, 0) is 13.8 Å². The van der Waals surface area contributed by atoms with E-state index >= 15 is 0 Å². The molecule has 1 amide bonds. The molecule has 6 nitrogen and oxygen atoms in total. The second kappa shape index (κ2) is 5.12. The predicted molar refractivity (Wildman–Crippen MR) is 79.9 cm³/mol. The summed E-state index contributed by atoms with van der Waals surface area (Å²) in [6.07, 6.45) is 1.78. The van der Waals surface area contributed by atoms with E-state index in [4.69, 9.17) is 0 Å². The first-order chi connectivity index (χ1) is 9.59. The Kier molecular flexibility index (Phi) is 3.45. The van der Waals surface area contributed by atoms with Crippen molar-refractivity contribution in [2.45, 2.75) is 19.9 Å². The Bertz CT molecular complexity index is 641. The van der Waals surface area contributed by atoms with Gasteiger partial charge in [0.15, 0.2) is 0 Å². The molecule has 0 radical (unpaired) electrons. The van der Waals surface area contributed by atoms with Gasteiger partial charge in [0.25, 0.3) is 0 Å². The highest BCUT2D eigenvalue weighted by Gasteiger charge is 2.26. The van der Waals surface area contributed by atoms with Gasteiger partial charge < -0.3 is 4.90 Å². The SMILES string of the molecule is Cc1nn(C)c2cnn(C(C)C(=O)N3CCSCC3)c12. The summed E-state index contributed by atoms with van der Waals surface area (Å²) in [6.45, 7) is 5.55. The van der Waals surface area contributed by atoms with Gasteiger partial charge in [0.2, 0.25) is 5.91 Å². The highest BCUT2D eigenvalue weighted by Crippen LogP contribution is 2.22. The lowest BCUT2D eigenvalue weighted by atomic mass is 10.2. The third-order valence-electron chi connectivity index (χ3n) is 3.81. The van der Waals surface area contributed by atoms with Crippen molar-refractivity contribution in [3.63, 3.8) is 0 Å². The molecule has 3 rings (SSSR count). The second-order valence-electron chi connectivity index (χ2n) is 5.15. The smallest absolute Gasteiger partial charge is 0.247 e. The van der Waals surface area contributed by atoms with Gasteiger partial charge in [-0.1, -0.05) is 0 Å². The summed E-state index contributed by atoms with van der Waals surface area (Å²) in [5.74, 6) is 2.20. The van der Waals surface area contributed by atoms with Crippen LogP contribution in [0.5, 0.6) is 0 Å². The van der Waals surface area contributed by atoms with Crippen LogP contribution in [0.15, 0.2) is 6.20 Å². The largest absolute Gasteiger partial charge is 0.339 e. The van der Waals surface area contributed by atoms with Gasteiger partial charge in [0.1, 0.15) is 17.1 Å². The molecule has 0 aliphatic carbocycles. The molecule has 1 aliphatic heterocycles. The summed E-state index contributed by atoms with van der Waals surface area (Å²) in [4.78, 5) is 14.5. The summed E-state index contributed by atoms with van der Waals surface area (Å²) in [5.41, 5.74) is 2.84. The van der Waals surface area contributed by atoms with Crippen molar-refractivity contribution in [2.24, 2.45) is 7.05 Å². The van der Waals surface area contributed by atoms with Crippen LogP contribution in [0.25, 0.3) is 11.0 Å². The average Bonchev–Trinajstić information content (AvgIpc) is 3.01. The number of carbonyl (C=O) groups is 1. The first kappa shape index (κ1) is 13.5. The van der Waals surface area contributed by atoms with E-state index in [1.54, 1.807) is 6.20 Å². The lowest BCUT2D eigenvalue weighted by Gasteiger charge is -2.29. The van der Waals surface area contributed by atoms with Crippen LogP contribution in [0.2, 0.25) is 0 Å². The number of nitrogens with zero attached hydrogens (tertiary/aromatic N) is 5. The van der Waals surface area contributed by atoms with Crippen molar-refractivity contribution < 1.29 is 4.79 Å². The predicted octanol–water partition coefficient (Wildman–Crippen LogP) is 1.21. The van der Waals surface area contributed by atoms with Crippen molar-refractivity contribution in [3.8, 4) is 0 Å². The Morgan fingerprint density at radius 2 is 2.10 bits per heavy atom. The molecule has 0 spiro atoms. The molecular weight excluding hydrogens is 274 g/mol. The molecule has 1 aliphatic rings. The van der Waals surface area contributed by atoms with Crippen molar-refractivity contribution in [1.29, 1.82) is 0 Å². The molecule has 20 heavy (non-hydrogen) atoms. The normalized spacial score (nSPS) is 17.6. The number of thioether (sulfide) groups is 1. The fourth-order valence-electron chi connectivity index (χ4n) is 2.71. The molecule has 108 valence electrons. The Balaban J connectivity index is 1.91. The summed E-state index contributed by atoms with van der Waals surface area (Å²) < 4.78 is 3.62. The van der Waals surface area contributed by atoms with Crippen molar-refractivity contribution in [3.05, 3.63) is 11.9 Å². The molecule has 1 atom stereocenters. The Labute approximate surface area is 122 Å². The molecule has 0 saturated carbocycles. The van der Waals surface area contributed by atoms with E-state index < -0.39 is 0 Å². The van der Waals surface area contributed by atoms with Crippen LogP contribution in [0.1, 0.15) is 18.7 Å². The van der Waals surface area contributed by atoms with Crippen LogP contribution in [0.3, 0.4) is 0 Å². The second-order valence-corrected chi connectivity index (χ2v) is 6.37. The summed E-state index contributed by atoms with van der Waals surface area (Å²) in [5, 5.41) is 8.79. The zero-order chi connectivity index (χ0) is 14.3. The lowest BCUT2D eigenvalue weighted by molar-refractivity contribution is -0.134. The van der Waals surface area contributed by atoms with Gasteiger partial charge in [0, 0.05) is 31.6 Å². The molecule has 1 unspecified atom stereocenters. The average molecular weight is 293 g/mol. The molecule has 0 aromatic carbocycles. The van der Waals surface area contributed by atoms with Gasteiger partial charge >= 0.3 is 0 Å². The van der Waals surface area contributed by atoms with Crippen LogP contribution >= 0.6 is 11.8 Å². The zero-order valence-corrected chi connectivity index (χ0v) is 12.9. The minimum Gasteiger partial charge on any atom is -0.339 e. The fraction of sp³-hybridized carbons (Fsp3) is 0.615. The molecule has 3 heterocycles. The monoisotopic (exact) mass is 293 g/mol. The van der Waals surface area contributed by atoms with E-state index in [-0.39, 0.29) is 11.9 Å². The van der Waals surface area contributed by atoms with Crippen molar-refractivity contribution in [1.82, 2.24) is 24.5 Å². The molecular formula is C13H19N5OS. The molecule has 2 aromatic heterocycles. The highest BCUT2D eigenvalue weighted by molar-refractivity contribution is 7.99. The molecule has 1 saturated heterocycles. The number of hydrogen-bond donors (Lipinski definition) is 0. The maximum absolute atomic E-state index is 12.6. The van der Waals surface area contributed by atoms with Gasteiger partial charge in [0.05, 0.1) is 11.9 Å². The summed E-state index contributed by atoms with van der Waals surface area (Å²) in [7, 11) is 1.90. The van der Waals surface area contributed by atoms with Gasteiger partial charge in [-0.2, -0.15) is 22.0 Å². The maximum atomic E-state index is 12.6. The Morgan fingerprint density at radius 1 is 1.40 bits per heavy atom. The van der Waals surface area contributed by atoms with E-state index in [9.17, 15) is 4.79 Å². The Hall–Kier alpha value is -1.50. The van der Waals surface area contributed by atoms with Crippen molar-refractivity contribution in [2.75, 3.05) is 24.6 Å². The van der Waals surface area contributed by atoms with E-state index in [0.717, 1.165) is 41.3 Å². The lowest BCUT2D eigenvalue weighted by Crippen LogP contribution is -2.41.